The second kappa shape index (κ2) is 5.58. The van der Waals surface area contributed by atoms with E-state index < -0.39 is 0 Å². The molecule has 3 N–H and O–H groups in total. The topological polar surface area (TPSA) is 62.4 Å². The Labute approximate surface area is 102 Å². The van der Waals surface area contributed by atoms with E-state index in [4.69, 9.17) is 5.73 Å². The number of aliphatic hydroxyl groups excluding tert-OH is 1. The van der Waals surface area contributed by atoms with Crippen LogP contribution in [0.4, 0.5) is 0 Å². The highest BCUT2D eigenvalue weighted by Gasteiger charge is 2.23. The van der Waals surface area contributed by atoms with Gasteiger partial charge in [-0.15, -0.1) is 0 Å². The number of aromatic nitrogens is 1. The molecule has 2 rings (SSSR count). The third kappa shape index (κ3) is 3.25. The Bertz CT molecular complexity index is 369. The molecule has 0 bridgehead atoms. The molecule has 2 unspecified atom stereocenters. The summed E-state index contributed by atoms with van der Waals surface area (Å²) < 4.78 is 0. The standard InChI is InChI=1S/C13H21N3O/c1-10-8-16(5-3-13(10)17)9-11-2-4-15-12(6-11)7-14/h2,4,6,10,13,17H,3,5,7-9,14H2,1H3. The average Bonchev–Trinajstić information content (AvgIpc) is 2.34. The highest BCUT2D eigenvalue weighted by Crippen LogP contribution is 2.18. The van der Waals surface area contributed by atoms with Gasteiger partial charge in [0.05, 0.1) is 11.8 Å². The summed E-state index contributed by atoms with van der Waals surface area (Å²) in [6.45, 7) is 5.44. The number of nitrogens with two attached hydrogens (primary N) is 1. The third-order valence-electron chi connectivity index (χ3n) is 3.44. The second-order valence-electron chi connectivity index (χ2n) is 4.93. The number of nitrogens with zero attached hydrogens (tertiary/aromatic N) is 2. The molecule has 94 valence electrons. The van der Waals surface area contributed by atoms with Gasteiger partial charge in [0, 0.05) is 32.4 Å². The van der Waals surface area contributed by atoms with E-state index in [0.29, 0.717) is 12.5 Å². The molecule has 1 aromatic rings. The van der Waals surface area contributed by atoms with E-state index in [9.17, 15) is 5.11 Å². The van der Waals surface area contributed by atoms with Gasteiger partial charge in [-0.3, -0.25) is 9.88 Å². The van der Waals surface area contributed by atoms with Crippen LogP contribution >= 0.6 is 0 Å². The van der Waals surface area contributed by atoms with Crippen molar-refractivity contribution in [2.45, 2.75) is 32.5 Å². The molecule has 1 saturated heterocycles. The van der Waals surface area contributed by atoms with Crippen LogP contribution in [0.25, 0.3) is 0 Å². The van der Waals surface area contributed by atoms with Crippen molar-refractivity contribution in [1.29, 1.82) is 0 Å². The Morgan fingerprint density at radius 2 is 2.41 bits per heavy atom. The highest BCUT2D eigenvalue weighted by molar-refractivity contribution is 5.16. The first-order valence-electron chi connectivity index (χ1n) is 6.23. The van der Waals surface area contributed by atoms with E-state index in [1.807, 2.05) is 12.3 Å². The fourth-order valence-electron chi connectivity index (χ4n) is 2.36. The van der Waals surface area contributed by atoms with Gasteiger partial charge < -0.3 is 10.8 Å². The van der Waals surface area contributed by atoms with Gasteiger partial charge in [-0.2, -0.15) is 0 Å². The second-order valence-corrected chi connectivity index (χ2v) is 4.93. The summed E-state index contributed by atoms with van der Waals surface area (Å²) in [4.78, 5) is 6.58. The number of rotatable bonds is 3. The number of aliphatic hydroxyl groups is 1. The van der Waals surface area contributed by atoms with Gasteiger partial charge in [0.25, 0.3) is 0 Å². The Balaban J connectivity index is 1.96. The van der Waals surface area contributed by atoms with Crippen LogP contribution in [0.2, 0.25) is 0 Å². The molecular formula is C13H21N3O. The zero-order valence-corrected chi connectivity index (χ0v) is 10.3. The summed E-state index contributed by atoms with van der Waals surface area (Å²) in [5.41, 5.74) is 7.77. The van der Waals surface area contributed by atoms with E-state index in [2.05, 4.69) is 22.9 Å². The Hall–Kier alpha value is -0.970. The van der Waals surface area contributed by atoms with Crippen molar-refractivity contribution < 1.29 is 5.11 Å². The molecule has 1 aliphatic heterocycles. The first-order chi connectivity index (χ1) is 8.19. The predicted octanol–water partition coefficient (Wildman–Crippen LogP) is 0.743. The van der Waals surface area contributed by atoms with Gasteiger partial charge in [0.2, 0.25) is 0 Å². The summed E-state index contributed by atoms with van der Waals surface area (Å²) >= 11 is 0. The number of hydrogen-bond acceptors (Lipinski definition) is 4. The van der Waals surface area contributed by atoms with Crippen LogP contribution in [-0.2, 0) is 13.1 Å². The van der Waals surface area contributed by atoms with Gasteiger partial charge in [0.15, 0.2) is 0 Å². The lowest BCUT2D eigenvalue weighted by molar-refractivity contribution is 0.0320. The SMILES string of the molecule is CC1CN(Cc2ccnc(CN)c2)CCC1O. The molecule has 1 aromatic heterocycles. The molecule has 0 aromatic carbocycles. The molecule has 2 atom stereocenters. The van der Waals surface area contributed by atoms with Crippen LogP contribution in [0.3, 0.4) is 0 Å². The molecule has 0 saturated carbocycles. The smallest absolute Gasteiger partial charge is 0.0590 e. The predicted molar refractivity (Wildman–Crippen MR) is 67.2 cm³/mol. The molecule has 17 heavy (non-hydrogen) atoms. The van der Waals surface area contributed by atoms with E-state index in [1.165, 1.54) is 5.56 Å². The summed E-state index contributed by atoms with van der Waals surface area (Å²) in [5.74, 6) is 0.361. The maximum atomic E-state index is 9.69. The van der Waals surface area contributed by atoms with Crippen molar-refractivity contribution in [2.24, 2.45) is 11.7 Å². The maximum Gasteiger partial charge on any atom is 0.0590 e. The Morgan fingerprint density at radius 1 is 1.59 bits per heavy atom. The molecule has 2 heterocycles. The normalized spacial score (nSPS) is 26.1. The molecule has 4 heteroatoms. The monoisotopic (exact) mass is 235 g/mol. The molecule has 4 nitrogen and oxygen atoms in total. The minimum atomic E-state index is -0.136. The molecule has 0 aliphatic carbocycles. The first-order valence-corrected chi connectivity index (χ1v) is 6.23. The molecule has 1 fully saturated rings. The van der Waals surface area contributed by atoms with E-state index >= 15 is 0 Å². The largest absolute Gasteiger partial charge is 0.393 e. The van der Waals surface area contributed by atoms with Crippen molar-refractivity contribution in [2.75, 3.05) is 13.1 Å². The van der Waals surface area contributed by atoms with Crippen LogP contribution in [0, 0.1) is 5.92 Å². The summed E-state index contributed by atoms with van der Waals surface area (Å²) in [6, 6.07) is 4.10. The van der Waals surface area contributed by atoms with Crippen molar-refractivity contribution in [3.05, 3.63) is 29.6 Å². The van der Waals surface area contributed by atoms with Gasteiger partial charge in [-0.1, -0.05) is 6.92 Å². The zero-order valence-electron chi connectivity index (χ0n) is 10.3. The average molecular weight is 235 g/mol. The first kappa shape index (κ1) is 12.5. The highest BCUT2D eigenvalue weighted by atomic mass is 16.3. The Kier molecular flexibility index (Phi) is 4.10. The van der Waals surface area contributed by atoms with Gasteiger partial charge in [-0.25, -0.2) is 0 Å². The molecule has 0 radical (unpaired) electrons. The minimum absolute atomic E-state index is 0.136. The lowest BCUT2D eigenvalue weighted by atomic mass is 9.96. The third-order valence-corrected chi connectivity index (χ3v) is 3.44. The molecule has 1 aliphatic rings. The van der Waals surface area contributed by atoms with Crippen molar-refractivity contribution in [3.8, 4) is 0 Å². The fourth-order valence-corrected chi connectivity index (χ4v) is 2.36. The van der Waals surface area contributed by atoms with Gasteiger partial charge >= 0.3 is 0 Å². The zero-order chi connectivity index (χ0) is 12.3. The van der Waals surface area contributed by atoms with E-state index in [1.54, 1.807) is 0 Å². The number of pyridine rings is 1. The lowest BCUT2D eigenvalue weighted by Gasteiger charge is -2.34. The van der Waals surface area contributed by atoms with Crippen LogP contribution in [0.1, 0.15) is 24.6 Å². The van der Waals surface area contributed by atoms with Crippen molar-refractivity contribution in [3.63, 3.8) is 0 Å². The van der Waals surface area contributed by atoms with Crippen molar-refractivity contribution in [1.82, 2.24) is 9.88 Å². The van der Waals surface area contributed by atoms with E-state index in [0.717, 1.165) is 31.7 Å². The summed E-state index contributed by atoms with van der Waals surface area (Å²) in [7, 11) is 0. The van der Waals surface area contributed by atoms with E-state index in [-0.39, 0.29) is 6.10 Å². The number of likely N-dealkylation sites (tertiary alicyclic amines) is 1. The molecular weight excluding hydrogens is 214 g/mol. The van der Waals surface area contributed by atoms with Gasteiger partial charge in [-0.05, 0) is 30.0 Å². The molecule has 0 amide bonds. The minimum Gasteiger partial charge on any atom is -0.393 e. The lowest BCUT2D eigenvalue weighted by Crippen LogP contribution is -2.41. The fraction of sp³-hybridized carbons (Fsp3) is 0.615. The number of hydrogen-bond donors (Lipinski definition) is 2. The van der Waals surface area contributed by atoms with Crippen LogP contribution in [0.5, 0.6) is 0 Å². The van der Waals surface area contributed by atoms with Crippen LogP contribution < -0.4 is 5.73 Å². The number of piperidine rings is 1. The van der Waals surface area contributed by atoms with Crippen LogP contribution in [-0.4, -0.2) is 34.2 Å². The molecule has 0 spiro atoms. The quantitative estimate of drug-likeness (QED) is 0.811. The van der Waals surface area contributed by atoms with Crippen LogP contribution in [0.15, 0.2) is 18.3 Å². The Morgan fingerprint density at radius 3 is 3.12 bits per heavy atom. The maximum absolute atomic E-state index is 9.69. The van der Waals surface area contributed by atoms with Crippen molar-refractivity contribution >= 4 is 0 Å². The summed E-state index contributed by atoms with van der Waals surface area (Å²) in [6.07, 6.45) is 2.55. The summed E-state index contributed by atoms with van der Waals surface area (Å²) in [5, 5.41) is 9.69. The van der Waals surface area contributed by atoms with Gasteiger partial charge in [0.1, 0.15) is 0 Å².